The van der Waals surface area contributed by atoms with Crippen molar-refractivity contribution < 1.29 is 0 Å². The third-order valence-electron chi connectivity index (χ3n) is 11.3. The molecule has 0 spiro atoms. The standard InChI is InChI=1S/C52H34N4/c1-33-11-3-5-13-41(33)35-19-25-51-47(29-35)45-15-7-9-17-49(45)55(51)39-21-23-43(37(27-39)31-53)44-24-22-40(28-38(44)32-54)56-50-18-10-8-16-46(50)48-30-36(20-26-52(48)56)42-14-6-4-12-34(42)2/h3-30H,1-2H3. The van der Waals surface area contributed by atoms with Gasteiger partial charge >= 0.3 is 0 Å². The van der Waals surface area contributed by atoms with E-state index in [1.54, 1.807) is 0 Å². The quantitative estimate of drug-likeness (QED) is 0.178. The fourth-order valence-electron chi connectivity index (χ4n) is 8.63. The van der Waals surface area contributed by atoms with Crippen LogP contribution in [0.5, 0.6) is 0 Å². The lowest BCUT2D eigenvalue weighted by atomic mass is 9.95. The Morgan fingerprint density at radius 2 is 0.750 bits per heavy atom. The first kappa shape index (κ1) is 32.9. The predicted molar refractivity (Wildman–Crippen MR) is 230 cm³/mol. The average molecular weight is 715 g/mol. The van der Waals surface area contributed by atoms with Gasteiger partial charge in [-0.3, -0.25) is 0 Å². The number of aryl methyl sites for hydroxylation is 2. The molecule has 0 saturated heterocycles. The van der Waals surface area contributed by atoms with E-state index in [4.69, 9.17) is 0 Å². The zero-order chi connectivity index (χ0) is 37.9. The predicted octanol–water partition coefficient (Wildman–Crippen LogP) is 13.2. The Balaban J connectivity index is 1.08. The zero-order valence-electron chi connectivity index (χ0n) is 31.0. The van der Waals surface area contributed by atoms with Gasteiger partial charge in [-0.15, -0.1) is 0 Å². The van der Waals surface area contributed by atoms with Crippen molar-refractivity contribution in [2.75, 3.05) is 0 Å². The number of fused-ring (bicyclic) bond motifs is 6. The van der Waals surface area contributed by atoms with E-state index in [-0.39, 0.29) is 0 Å². The summed E-state index contributed by atoms with van der Waals surface area (Å²) in [5.74, 6) is 0. The third-order valence-corrected chi connectivity index (χ3v) is 11.3. The summed E-state index contributed by atoms with van der Waals surface area (Å²) in [7, 11) is 0. The maximum atomic E-state index is 10.6. The van der Waals surface area contributed by atoms with E-state index < -0.39 is 0 Å². The van der Waals surface area contributed by atoms with Crippen LogP contribution in [-0.4, -0.2) is 9.13 Å². The van der Waals surface area contributed by atoms with Gasteiger partial charge < -0.3 is 9.13 Å². The first-order valence-corrected chi connectivity index (χ1v) is 18.8. The second-order valence-corrected chi connectivity index (χ2v) is 14.5. The minimum atomic E-state index is 0.509. The van der Waals surface area contributed by atoms with Crippen LogP contribution in [0.1, 0.15) is 22.3 Å². The molecule has 262 valence electrons. The van der Waals surface area contributed by atoms with Crippen LogP contribution < -0.4 is 0 Å². The normalized spacial score (nSPS) is 11.4. The number of rotatable bonds is 5. The molecule has 8 aromatic carbocycles. The van der Waals surface area contributed by atoms with Crippen LogP contribution in [0.2, 0.25) is 0 Å². The van der Waals surface area contributed by atoms with Gasteiger partial charge in [0.05, 0.1) is 45.3 Å². The molecule has 4 nitrogen and oxygen atoms in total. The summed E-state index contributed by atoms with van der Waals surface area (Å²) in [6, 6.07) is 64.0. The van der Waals surface area contributed by atoms with Crippen molar-refractivity contribution in [1.82, 2.24) is 9.13 Å². The smallest absolute Gasteiger partial charge is 0.0998 e. The molecule has 0 N–H and O–H groups in total. The van der Waals surface area contributed by atoms with Crippen LogP contribution in [0.25, 0.3) is 88.4 Å². The Hall–Kier alpha value is -7.66. The fraction of sp³-hybridized carbons (Fsp3) is 0.0385. The van der Waals surface area contributed by atoms with Crippen LogP contribution >= 0.6 is 0 Å². The van der Waals surface area contributed by atoms with Gasteiger partial charge in [0.1, 0.15) is 0 Å². The lowest BCUT2D eigenvalue weighted by molar-refractivity contribution is 1.17. The van der Waals surface area contributed by atoms with Gasteiger partial charge in [-0.2, -0.15) is 10.5 Å². The van der Waals surface area contributed by atoms with Crippen LogP contribution in [0.15, 0.2) is 170 Å². The summed E-state index contributed by atoms with van der Waals surface area (Å²) >= 11 is 0. The van der Waals surface area contributed by atoms with Gasteiger partial charge in [-0.05, 0) is 108 Å². The SMILES string of the molecule is Cc1ccccc1-c1ccc2c(c1)c1ccccc1n2-c1ccc(-c2ccc(-n3c4ccccc4c4cc(-c5ccccc5C)ccc43)cc2C#N)c(C#N)c1. The van der Waals surface area contributed by atoms with E-state index in [0.717, 1.165) is 66.1 Å². The van der Waals surface area contributed by atoms with Crippen molar-refractivity contribution in [3.8, 4) is 56.9 Å². The second kappa shape index (κ2) is 13.0. The van der Waals surface area contributed by atoms with Gasteiger partial charge in [0.2, 0.25) is 0 Å². The number of hydrogen-bond donors (Lipinski definition) is 0. The lowest BCUT2D eigenvalue weighted by Crippen LogP contribution is -1.98. The molecule has 0 atom stereocenters. The van der Waals surface area contributed by atoms with E-state index in [0.29, 0.717) is 11.1 Å². The molecule has 0 radical (unpaired) electrons. The maximum Gasteiger partial charge on any atom is 0.0998 e. The summed E-state index contributed by atoms with van der Waals surface area (Å²) < 4.78 is 4.47. The molecule has 10 aromatic rings. The Morgan fingerprint density at radius 1 is 0.357 bits per heavy atom. The van der Waals surface area contributed by atoms with Crippen LogP contribution in [0.4, 0.5) is 0 Å². The van der Waals surface area contributed by atoms with Crippen LogP contribution in [-0.2, 0) is 0 Å². The first-order chi connectivity index (χ1) is 27.5. The van der Waals surface area contributed by atoms with Gasteiger partial charge in [-0.25, -0.2) is 0 Å². The minimum absolute atomic E-state index is 0.509. The van der Waals surface area contributed by atoms with Gasteiger partial charge in [-0.1, -0.05) is 109 Å². The highest BCUT2D eigenvalue weighted by molar-refractivity contribution is 6.11. The van der Waals surface area contributed by atoms with E-state index in [1.165, 1.54) is 33.4 Å². The molecule has 0 aliphatic rings. The highest BCUT2D eigenvalue weighted by atomic mass is 15.0. The topological polar surface area (TPSA) is 57.4 Å². The summed E-state index contributed by atoms with van der Waals surface area (Å²) in [6.07, 6.45) is 0. The molecule has 0 bridgehead atoms. The molecular weight excluding hydrogens is 681 g/mol. The first-order valence-electron chi connectivity index (χ1n) is 18.8. The van der Waals surface area contributed by atoms with Gasteiger partial charge in [0.15, 0.2) is 0 Å². The molecule has 0 fully saturated rings. The number of para-hydroxylation sites is 2. The van der Waals surface area contributed by atoms with E-state index >= 15 is 0 Å². The van der Waals surface area contributed by atoms with Crippen molar-refractivity contribution in [1.29, 1.82) is 10.5 Å². The Kier molecular flexibility index (Phi) is 7.66. The molecule has 10 rings (SSSR count). The van der Waals surface area contributed by atoms with E-state index in [9.17, 15) is 10.5 Å². The molecule has 2 aromatic heterocycles. The molecule has 56 heavy (non-hydrogen) atoms. The summed E-state index contributed by atoms with van der Waals surface area (Å²) in [4.78, 5) is 0. The maximum absolute atomic E-state index is 10.6. The monoisotopic (exact) mass is 714 g/mol. The molecule has 0 unspecified atom stereocenters. The molecule has 2 heterocycles. The molecule has 0 aliphatic heterocycles. The van der Waals surface area contributed by atoms with Crippen molar-refractivity contribution >= 4 is 43.6 Å². The van der Waals surface area contributed by atoms with Crippen molar-refractivity contribution in [3.05, 3.63) is 192 Å². The van der Waals surface area contributed by atoms with E-state index in [2.05, 4.69) is 181 Å². The number of benzene rings is 8. The number of aromatic nitrogens is 2. The molecule has 0 saturated carbocycles. The van der Waals surface area contributed by atoms with Crippen LogP contribution in [0, 0.1) is 36.5 Å². The largest absolute Gasteiger partial charge is 0.309 e. The highest BCUT2D eigenvalue weighted by Crippen LogP contribution is 2.39. The summed E-state index contributed by atoms with van der Waals surface area (Å²) in [5, 5.41) is 25.8. The Morgan fingerprint density at radius 3 is 1.18 bits per heavy atom. The van der Waals surface area contributed by atoms with Crippen LogP contribution in [0.3, 0.4) is 0 Å². The average Bonchev–Trinajstić information content (AvgIpc) is 3.76. The Bertz CT molecular complexity index is 3080. The number of nitrogens with zero attached hydrogens (tertiary/aromatic N) is 4. The van der Waals surface area contributed by atoms with E-state index in [1.807, 2.05) is 24.3 Å². The number of nitriles is 2. The molecule has 0 amide bonds. The summed E-state index contributed by atoms with van der Waals surface area (Å²) in [6.45, 7) is 4.29. The minimum Gasteiger partial charge on any atom is -0.309 e. The van der Waals surface area contributed by atoms with Crippen molar-refractivity contribution in [3.63, 3.8) is 0 Å². The van der Waals surface area contributed by atoms with Crippen molar-refractivity contribution in [2.24, 2.45) is 0 Å². The fourth-order valence-corrected chi connectivity index (χ4v) is 8.63. The molecule has 0 aliphatic carbocycles. The summed E-state index contributed by atoms with van der Waals surface area (Å²) in [5.41, 5.74) is 15.8. The third kappa shape index (κ3) is 5.12. The van der Waals surface area contributed by atoms with Gasteiger partial charge in [0.25, 0.3) is 0 Å². The lowest BCUT2D eigenvalue weighted by Gasteiger charge is -2.14. The highest BCUT2D eigenvalue weighted by Gasteiger charge is 2.19. The molecule has 4 heteroatoms. The van der Waals surface area contributed by atoms with Crippen molar-refractivity contribution in [2.45, 2.75) is 13.8 Å². The number of hydrogen-bond acceptors (Lipinski definition) is 2. The second-order valence-electron chi connectivity index (χ2n) is 14.5. The molecular formula is C52H34N4. The van der Waals surface area contributed by atoms with Gasteiger partial charge in [0, 0.05) is 44.0 Å². The Labute approximate surface area is 325 Å². The zero-order valence-corrected chi connectivity index (χ0v) is 31.0.